The van der Waals surface area contributed by atoms with Gasteiger partial charge < -0.3 is 14.8 Å². The predicted octanol–water partition coefficient (Wildman–Crippen LogP) is 3.59. The average Bonchev–Trinajstić information content (AvgIpc) is 2.48. The van der Waals surface area contributed by atoms with E-state index in [0.29, 0.717) is 17.4 Å². The second-order valence-electron chi connectivity index (χ2n) is 5.68. The van der Waals surface area contributed by atoms with Crippen molar-refractivity contribution in [2.24, 2.45) is 5.41 Å². The molecule has 0 aliphatic heterocycles. The van der Waals surface area contributed by atoms with E-state index >= 15 is 0 Å². The maximum Gasteiger partial charge on any atom is 0.126 e. The van der Waals surface area contributed by atoms with Crippen LogP contribution in [0.1, 0.15) is 44.6 Å². The number of methoxy groups -OCH3 is 2. The van der Waals surface area contributed by atoms with Crippen molar-refractivity contribution < 1.29 is 9.47 Å². The Morgan fingerprint density at radius 1 is 1.20 bits per heavy atom. The number of hydrogen-bond acceptors (Lipinski definition) is 3. The Labute approximate surface area is 122 Å². The van der Waals surface area contributed by atoms with Crippen LogP contribution in [0.15, 0.2) is 18.2 Å². The molecular weight excluding hydrogens is 250 g/mol. The van der Waals surface area contributed by atoms with Crippen molar-refractivity contribution in [1.82, 2.24) is 5.32 Å². The van der Waals surface area contributed by atoms with Crippen LogP contribution in [0.4, 0.5) is 0 Å². The molecule has 1 aliphatic rings. The monoisotopic (exact) mass is 277 g/mol. The molecule has 0 bridgehead atoms. The molecule has 3 nitrogen and oxygen atoms in total. The van der Waals surface area contributed by atoms with Crippen molar-refractivity contribution in [3.05, 3.63) is 23.8 Å². The molecular formula is C17H27NO2. The largest absolute Gasteiger partial charge is 0.497 e. The molecule has 2 atom stereocenters. The van der Waals surface area contributed by atoms with Crippen LogP contribution in [-0.2, 0) is 0 Å². The van der Waals surface area contributed by atoms with Gasteiger partial charge in [-0.25, -0.2) is 0 Å². The fourth-order valence-corrected chi connectivity index (χ4v) is 3.97. The molecule has 1 aromatic carbocycles. The molecule has 0 spiro atoms. The Morgan fingerprint density at radius 2 is 1.90 bits per heavy atom. The van der Waals surface area contributed by atoms with Gasteiger partial charge in [-0.05, 0) is 49.3 Å². The summed E-state index contributed by atoms with van der Waals surface area (Å²) in [6.07, 6.45) is 3.56. The van der Waals surface area contributed by atoms with Gasteiger partial charge in [-0.15, -0.1) is 0 Å². The van der Waals surface area contributed by atoms with Crippen LogP contribution in [0.25, 0.3) is 0 Å². The van der Waals surface area contributed by atoms with Gasteiger partial charge in [0.25, 0.3) is 0 Å². The molecule has 2 unspecified atom stereocenters. The lowest BCUT2D eigenvalue weighted by Crippen LogP contribution is -2.57. The van der Waals surface area contributed by atoms with E-state index in [1.165, 1.54) is 24.8 Å². The zero-order valence-corrected chi connectivity index (χ0v) is 13.3. The molecule has 0 radical (unpaired) electrons. The van der Waals surface area contributed by atoms with Crippen LogP contribution in [0.5, 0.6) is 11.5 Å². The number of nitrogens with one attached hydrogen (secondary N) is 1. The molecule has 1 aliphatic carbocycles. The van der Waals surface area contributed by atoms with Crippen LogP contribution >= 0.6 is 0 Å². The minimum Gasteiger partial charge on any atom is -0.497 e. The molecule has 1 aromatic rings. The van der Waals surface area contributed by atoms with E-state index in [1.54, 1.807) is 14.2 Å². The summed E-state index contributed by atoms with van der Waals surface area (Å²) in [4.78, 5) is 0. The van der Waals surface area contributed by atoms with Crippen LogP contribution in [-0.4, -0.2) is 27.3 Å². The Kier molecular flexibility index (Phi) is 4.59. The summed E-state index contributed by atoms with van der Waals surface area (Å²) in [5, 5.41) is 3.49. The highest BCUT2D eigenvalue weighted by Crippen LogP contribution is 2.58. The van der Waals surface area contributed by atoms with E-state index in [-0.39, 0.29) is 0 Å². The van der Waals surface area contributed by atoms with E-state index in [1.807, 2.05) is 12.1 Å². The number of hydrogen-bond donors (Lipinski definition) is 1. The zero-order chi connectivity index (χ0) is 14.8. The lowest BCUT2D eigenvalue weighted by atomic mass is 9.51. The molecule has 0 aromatic heterocycles. The third-order valence-corrected chi connectivity index (χ3v) is 5.34. The van der Waals surface area contributed by atoms with Gasteiger partial charge in [-0.2, -0.15) is 0 Å². The van der Waals surface area contributed by atoms with E-state index in [4.69, 9.17) is 9.47 Å². The molecule has 112 valence electrons. The van der Waals surface area contributed by atoms with E-state index in [2.05, 4.69) is 32.3 Å². The van der Waals surface area contributed by atoms with Crippen molar-refractivity contribution in [3.8, 4) is 11.5 Å². The summed E-state index contributed by atoms with van der Waals surface area (Å²) in [5.41, 5.74) is 1.67. The highest BCUT2D eigenvalue weighted by molar-refractivity contribution is 5.45. The SMILES string of the molecule is CCC1(CC)C(NC)CC1c1ccc(OC)cc1OC. The summed E-state index contributed by atoms with van der Waals surface area (Å²) in [6, 6.07) is 6.82. The first kappa shape index (κ1) is 15.2. The Morgan fingerprint density at radius 3 is 2.40 bits per heavy atom. The van der Waals surface area contributed by atoms with Crippen molar-refractivity contribution in [3.63, 3.8) is 0 Å². The molecule has 3 heteroatoms. The second kappa shape index (κ2) is 6.04. The van der Waals surface area contributed by atoms with Crippen molar-refractivity contribution >= 4 is 0 Å². The van der Waals surface area contributed by atoms with Crippen LogP contribution in [0, 0.1) is 5.41 Å². The molecule has 1 N–H and O–H groups in total. The smallest absolute Gasteiger partial charge is 0.126 e. The van der Waals surface area contributed by atoms with Gasteiger partial charge in [-0.3, -0.25) is 0 Å². The highest BCUT2D eigenvalue weighted by atomic mass is 16.5. The summed E-state index contributed by atoms with van der Waals surface area (Å²) in [6.45, 7) is 4.60. The lowest BCUT2D eigenvalue weighted by molar-refractivity contribution is 0.0233. The molecule has 1 fully saturated rings. The summed E-state index contributed by atoms with van der Waals surface area (Å²) >= 11 is 0. The third kappa shape index (κ3) is 2.18. The Balaban J connectivity index is 2.36. The Hall–Kier alpha value is -1.22. The molecule has 2 rings (SSSR count). The molecule has 1 saturated carbocycles. The van der Waals surface area contributed by atoms with Crippen LogP contribution in [0.3, 0.4) is 0 Å². The maximum atomic E-state index is 5.60. The van der Waals surface area contributed by atoms with Gasteiger partial charge in [0.05, 0.1) is 14.2 Å². The average molecular weight is 277 g/mol. The van der Waals surface area contributed by atoms with E-state index in [9.17, 15) is 0 Å². The number of ether oxygens (including phenoxy) is 2. The fourth-order valence-electron chi connectivity index (χ4n) is 3.97. The summed E-state index contributed by atoms with van der Waals surface area (Å²) in [5.74, 6) is 2.37. The molecule has 0 saturated heterocycles. The molecule has 20 heavy (non-hydrogen) atoms. The highest BCUT2D eigenvalue weighted by Gasteiger charge is 2.52. The van der Waals surface area contributed by atoms with Gasteiger partial charge in [0.1, 0.15) is 11.5 Å². The van der Waals surface area contributed by atoms with Gasteiger partial charge in [0.15, 0.2) is 0 Å². The van der Waals surface area contributed by atoms with Crippen LogP contribution in [0.2, 0.25) is 0 Å². The van der Waals surface area contributed by atoms with Crippen LogP contribution < -0.4 is 14.8 Å². The molecule has 0 amide bonds. The standard InChI is InChI=1S/C17H27NO2/c1-6-17(7-2)14(11-16(17)18-3)13-9-8-12(19-4)10-15(13)20-5/h8-10,14,16,18H,6-7,11H2,1-5H3. The maximum absolute atomic E-state index is 5.60. The quantitative estimate of drug-likeness (QED) is 0.862. The normalized spacial score (nSPS) is 24.1. The summed E-state index contributed by atoms with van der Waals surface area (Å²) < 4.78 is 10.9. The minimum atomic E-state index is 0.344. The molecule has 0 heterocycles. The van der Waals surface area contributed by atoms with E-state index < -0.39 is 0 Å². The van der Waals surface area contributed by atoms with Crippen molar-refractivity contribution in [2.75, 3.05) is 21.3 Å². The Bertz CT molecular complexity index is 454. The summed E-state index contributed by atoms with van der Waals surface area (Å²) in [7, 11) is 5.51. The first-order valence-corrected chi connectivity index (χ1v) is 7.56. The second-order valence-corrected chi connectivity index (χ2v) is 5.68. The van der Waals surface area contributed by atoms with Gasteiger partial charge in [-0.1, -0.05) is 19.9 Å². The first-order valence-electron chi connectivity index (χ1n) is 7.56. The number of rotatable bonds is 6. The topological polar surface area (TPSA) is 30.5 Å². The van der Waals surface area contributed by atoms with Crippen molar-refractivity contribution in [1.29, 1.82) is 0 Å². The minimum absolute atomic E-state index is 0.344. The van der Waals surface area contributed by atoms with Gasteiger partial charge >= 0.3 is 0 Å². The van der Waals surface area contributed by atoms with E-state index in [0.717, 1.165) is 11.5 Å². The fraction of sp³-hybridized carbons (Fsp3) is 0.647. The van der Waals surface area contributed by atoms with Crippen molar-refractivity contribution in [2.45, 2.75) is 45.1 Å². The zero-order valence-electron chi connectivity index (χ0n) is 13.3. The van der Waals surface area contributed by atoms with Gasteiger partial charge in [0, 0.05) is 12.1 Å². The lowest BCUT2D eigenvalue weighted by Gasteiger charge is -2.56. The van der Waals surface area contributed by atoms with Gasteiger partial charge in [0.2, 0.25) is 0 Å². The first-order chi connectivity index (χ1) is 9.66. The number of benzene rings is 1. The third-order valence-electron chi connectivity index (χ3n) is 5.34. The predicted molar refractivity (Wildman–Crippen MR) is 82.8 cm³/mol.